The Morgan fingerprint density at radius 1 is 1.29 bits per heavy atom. The van der Waals surface area contributed by atoms with Crippen LogP contribution in [0.25, 0.3) is 0 Å². The summed E-state index contributed by atoms with van der Waals surface area (Å²) in [5.41, 5.74) is 6.41. The van der Waals surface area contributed by atoms with Crippen molar-refractivity contribution in [3.05, 3.63) is 29.8 Å². The third-order valence-electron chi connectivity index (χ3n) is 3.62. The van der Waals surface area contributed by atoms with Crippen LogP contribution in [0.15, 0.2) is 24.3 Å². The number of hydrogen-bond donors (Lipinski definition) is 1. The van der Waals surface area contributed by atoms with E-state index in [0.717, 1.165) is 32.3 Å². The fourth-order valence-electron chi connectivity index (χ4n) is 2.56. The van der Waals surface area contributed by atoms with E-state index >= 15 is 0 Å². The van der Waals surface area contributed by atoms with E-state index in [1.165, 1.54) is 12.1 Å². The first-order chi connectivity index (χ1) is 9.96. The molecule has 3 nitrogen and oxygen atoms in total. The van der Waals surface area contributed by atoms with Crippen LogP contribution in [-0.2, 0) is 4.74 Å². The van der Waals surface area contributed by atoms with Crippen LogP contribution in [0, 0.1) is 0 Å². The Kier molecular flexibility index (Phi) is 5.47. The lowest BCUT2D eigenvalue weighted by atomic mass is 9.97. The highest BCUT2D eigenvalue weighted by Gasteiger charge is 2.32. The van der Waals surface area contributed by atoms with E-state index in [2.05, 4.69) is 4.74 Å². The number of halogens is 3. The third-order valence-corrected chi connectivity index (χ3v) is 3.62. The molecule has 1 aliphatic rings. The molecule has 1 aliphatic heterocycles. The number of hydrogen-bond acceptors (Lipinski definition) is 3. The minimum absolute atomic E-state index is 0.167. The molecule has 0 spiro atoms. The summed E-state index contributed by atoms with van der Waals surface area (Å²) in [6, 6.07) is 5.54. The van der Waals surface area contributed by atoms with E-state index < -0.39 is 12.4 Å². The highest BCUT2D eigenvalue weighted by molar-refractivity contribution is 5.35. The van der Waals surface area contributed by atoms with E-state index in [0.29, 0.717) is 12.0 Å². The van der Waals surface area contributed by atoms with Crippen molar-refractivity contribution in [2.75, 3.05) is 6.61 Å². The number of benzene rings is 1. The van der Waals surface area contributed by atoms with Gasteiger partial charge in [-0.1, -0.05) is 18.2 Å². The first-order valence-electron chi connectivity index (χ1n) is 7.17. The summed E-state index contributed by atoms with van der Waals surface area (Å²) in [5, 5.41) is 0. The van der Waals surface area contributed by atoms with E-state index in [1.807, 2.05) is 0 Å². The number of rotatable bonds is 5. The molecule has 0 aromatic heterocycles. The van der Waals surface area contributed by atoms with Gasteiger partial charge >= 0.3 is 6.36 Å². The lowest BCUT2D eigenvalue weighted by molar-refractivity contribution is -0.275. The van der Waals surface area contributed by atoms with Crippen LogP contribution in [0.4, 0.5) is 13.2 Å². The van der Waals surface area contributed by atoms with E-state index in [1.54, 1.807) is 12.1 Å². The Balaban J connectivity index is 1.96. The second kappa shape index (κ2) is 7.13. The van der Waals surface area contributed by atoms with Crippen molar-refractivity contribution in [1.82, 2.24) is 0 Å². The maximum atomic E-state index is 12.4. The molecule has 1 aromatic rings. The van der Waals surface area contributed by atoms with Crippen LogP contribution in [-0.4, -0.2) is 19.1 Å². The lowest BCUT2D eigenvalue weighted by Crippen LogP contribution is -2.23. The molecular weight excluding hydrogens is 283 g/mol. The Hall–Kier alpha value is -1.27. The number of para-hydroxylation sites is 1. The van der Waals surface area contributed by atoms with Crippen molar-refractivity contribution >= 4 is 0 Å². The van der Waals surface area contributed by atoms with E-state index in [9.17, 15) is 13.2 Å². The molecule has 118 valence electrons. The molecule has 1 heterocycles. The molecule has 2 atom stereocenters. The zero-order chi connectivity index (χ0) is 15.3. The molecule has 2 unspecified atom stereocenters. The predicted molar refractivity (Wildman–Crippen MR) is 72.9 cm³/mol. The lowest BCUT2D eigenvalue weighted by Gasteiger charge is -2.24. The summed E-state index contributed by atoms with van der Waals surface area (Å²) in [6.07, 6.45) is -0.0148. The van der Waals surface area contributed by atoms with Gasteiger partial charge in [-0.15, -0.1) is 13.2 Å². The molecule has 0 bridgehead atoms. The fourth-order valence-corrected chi connectivity index (χ4v) is 2.56. The second-order valence-corrected chi connectivity index (χ2v) is 5.26. The summed E-state index contributed by atoms with van der Waals surface area (Å²) in [4.78, 5) is 0. The van der Waals surface area contributed by atoms with Gasteiger partial charge in [0.2, 0.25) is 0 Å². The summed E-state index contributed by atoms with van der Waals surface area (Å²) < 4.78 is 46.8. The van der Waals surface area contributed by atoms with Gasteiger partial charge in [-0.3, -0.25) is 0 Å². The smallest absolute Gasteiger partial charge is 0.405 e. The molecule has 1 aromatic carbocycles. The highest BCUT2D eigenvalue weighted by Crippen LogP contribution is 2.31. The van der Waals surface area contributed by atoms with E-state index in [-0.39, 0.29) is 11.9 Å². The zero-order valence-corrected chi connectivity index (χ0v) is 11.7. The van der Waals surface area contributed by atoms with Crippen molar-refractivity contribution in [3.8, 4) is 5.75 Å². The molecule has 0 aliphatic carbocycles. The minimum Gasteiger partial charge on any atom is -0.405 e. The van der Waals surface area contributed by atoms with Crippen LogP contribution in [0.2, 0.25) is 0 Å². The molecule has 1 fully saturated rings. The van der Waals surface area contributed by atoms with Crippen molar-refractivity contribution in [1.29, 1.82) is 0 Å². The zero-order valence-electron chi connectivity index (χ0n) is 11.7. The molecule has 2 rings (SSSR count). The standard InChI is InChI=1S/C15H20F3NO2/c16-15(17,18)21-14-7-2-1-6-12(14)13(19)9-8-11-5-3-4-10-20-11/h1-2,6-7,11,13H,3-5,8-10,19H2. The maximum absolute atomic E-state index is 12.4. The second-order valence-electron chi connectivity index (χ2n) is 5.26. The predicted octanol–water partition coefficient (Wildman–Crippen LogP) is 3.93. The minimum atomic E-state index is -4.71. The van der Waals surface area contributed by atoms with Gasteiger partial charge in [0.05, 0.1) is 6.10 Å². The summed E-state index contributed by atoms with van der Waals surface area (Å²) in [7, 11) is 0. The van der Waals surface area contributed by atoms with Gasteiger partial charge < -0.3 is 15.2 Å². The highest BCUT2D eigenvalue weighted by atomic mass is 19.4. The molecule has 21 heavy (non-hydrogen) atoms. The van der Waals surface area contributed by atoms with Gasteiger partial charge in [0.25, 0.3) is 0 Å². The number of nitrogens with two attached hydrogens (primary N) is 1. The number of alkyl halides is 3. The average Bonchev–Trinajstić information content (AvgIpc) is 2.45. The first kappa shape index (κ1) is 16.1. The Morgan fingerprint density at radius 2 is 2.05 bits per heavy atom. The largest absolute Gasteiger partial charge is 0.573 e. The summed E-state index contributed by atoms with van der Waals surface area (Å²) in [5.74, 6) is -0.220. The van der Waals surface area contributed by atoms with Gasteiger partial charge in [-0.25, -0.2) is 0 Å². The molecule has 1 saturated heterocycles. The van der Waals surface area contributed by atoms with Crippen LogP contribution in [0.3, 0.4) is 0 Å². The molecule has 0 amide bonds. The Labute approximate surface area is 122 Å². The maximum Gasteiger partial charge on any atom is 0.573 e. The first-order valence-corrected chi connectivity index (χ1v) is 7.17. The molecule has 0 saturated carbocycles. The van der Waals surface area contributed by atoms with Crippen molar-refractivity contribution in [3.63, 3.8) is 0 Å². The van der Waals surface area contributed by atoms with Crippen LogP contribution >= 0.6 is 0 Å². The van der Waals surface area contributed by atoms with Crippen molar-refractivity contribution in [2.24, 2.45) is 5.73 Å². The van der Waals surface area contributed by atoms with Gasteiger partial charge in [0.15, 0.2) is 0 Å². The SMILES string of the molecule is NC(CCC1CCCCO1)c1ccccc1OC(F)(F)F. The molecule has 6 heteroatoms. The molecule has 0 radical (unpaired) electrons. The summed E-state index contributed by atoms with van der Waals surface area (Å²) >= 11 is 0. The Morgan fingerprint density at radius 3 is 2.71 bits per heavy atom. The van der Waals surface area contributed by atoms with Gasteiger partial charge in [-0.05, 0) is 38.2 Å². The Bertz CT molecular complexity index is 445. The number of ether oxygens (including phenoxy) is 2. The topological polar surface area (TPSA) is 44.5 Å². The third kappa shape index (κ3) is 5.21. The molecular formula is C15H20F3NO2. The van der Waals surface area contributed by atoms with E-state index in [4.69, 9.17) is 10.5 Å². The van der Waals surface area contributed by atoms with Gasteiger partial charge in [0, 0.05) is 18.2 Å². The van der Waals surface area contributed by atoms with Crippen molar-refractivity contribution in [2.45, 2.75) is 50.6 Å². The molecule has 2 N–H and O–H groups in total. The van der Waals surface area contributed by atoms with Gasteiger partial charge in [0.1, 0.15) is 5.75 Å². The summed E-state index contributed by atoms with van der Waals surface area (Å²) in [6.45, 7) is 0.758. The fraction of sp³-hybridized carbons (Fsp3) is 0.600. The van der Waals surface area contributed by atoms with Crippen molar-refractivity contribution < 1.29 is 22.6 Å². The monoisotopic (exact) mass is 303 g/mol. The van der Waals surface area contributed by atoms with Crippen LogP contribution in [0.1, 0.15) is 43.7 Å². The normalized spacial score (nSPS) is 21.0. The quantitative estimate of drug-likeness (QED) is 0.896. The van der Waals surface area contributed by atoms with Crippen LogP contribution < -0.4 is 10.5 Å². The van der Waals surface area contributed by atoms with Crippen LogP contribution in [0.5, 0.6) is 5.75 Å². The average molecular weight is 303 g/mol. The van der Waals surface area contributed by atoms with Gasteiger partial charge in [-0.2, -0.15) is 0 Å².